The number of aromatic nitrogens is 2. The first kappa shape index (κ1) is 21.9. The van der Waals surface area contributed by atoms with Crippen molar-refractivity contribution < 1.29 is 19.1 Å². The third-order valence-corrected chi connectivity index (χ3v) is 3.62. The molecule has 152 valence electrons. The third kappa shape index (κ3) is 6.93. The van der Waals surface area contributed by atoms with Crippen molar-refractivity contribution in [2.75, 3.05) is 18.5 Å². The van der Waals surface area contributed by atoms with Gasteiger partial charge in [0.1, 0.15) is 17.1 Å². The van der Waals surface area contributed by atoms with E-state index >= 15 is 0 Å². The number of esters is 2. The first-order valence-corrected chi connectivity index (χ1v) is 9.23. The summed E-state index contributed by atoms with van der Waals surface area (Å²) in [4.78, 5) is 32.8. The van der Waals surface area contributed by atoms with Gasteiger partial charge in [0.05, 0.1) is 23.9 Å². The highest BCUT2D eigenvalue weighted by Gasteiger charge is 2.16. The van der Waals surface area contributed by atoms with E-state index in [1.54, 1.807) is 50.4 Å². The normalized spacial score (nSPS) is 11.6. The van der Waals surface area contributed by atoms with Gasteiger partial charge in [-0.25, -0.2) is 14.6 Å². The van der Waals surface area contributed by atoms with Crippen LogP contribution < -0.4 is 10.6 Å². The Morgan fingerprint density at radius 2 is 1.79 bits per heavy atom. The number of hydrogen-bond acceptors (Lipinski definition) is 8. The van der Waals surface area contributed by atoms with Gasteiger partial charge in [-0.15, -0.1) is 0 Å². The summed E-state index contributed by atoms with van der Waals surface area (Å²) in [7, 11) is 0. The van der Waals surface area contributed by atoms with Crippen molar-refractivity contribution in [2.24, 2.45) is 0 Å². The summed E-state index contributed by atoms with van der Waals surface area (Å²) in [6, 6.07) is 8.43. The number of rotatable bonds is 9. The second-order valence-electron chi connectivity index (χ2n) is 5.42. The zero-order valence-electron chi connectivity index (χ0n) is 16.0. The van der Waals surface area contributed by atoms with Gasteiger partial charge < -0.3 is 20.1 Å². The molecule has 0 spiro atoms. The fourth-order valence-corrected chi connectivity index (χ4v) is 2.21. The number of ether oxygens (including phenoxy) is 2. The van der Waals surface area contributed by atoms with Gasteiger partial charge in [0, 0.05) is 24.8 Å². The molecule has 2 heterocycles. The average molecular weight is 417 g/mol. The summed E-state index contributed by atoms with van der Waals surface area (Å²) in [5.74, 6) is -0.721. The number of nitrogens with zero attached hydrogens (tertiary/aromatic N) is 2. The number of carbonyl (C=O) groups is 2. The summed E-state index contributed by atoms with van der Waals surface area (Å²) < 4.78 is 10.1. The highest BCUT2D eigenvalue weighted by molar-refractivity contribution is 6.30. The van der Waals surface area contributed by atoms with Crippen molar-refractivity contribution >= 4 is 34.9 Å². The highest BCUT2D eigenvalue weighted by Crippen LogP contribution is 2.14. The number of anilines is 1. The monoisotopic (exact) mass is 416 g/mol. The molecule has 0 bridgehead atoms. The molecule has 0 fully saturated rings. The summed E-state index contributed by atoms with van der Waals surface area (Å²) in [5.41, 5.74) is 0.614. The Morgan fingerprint density at radius 3 is 2.41 bits per heavy atom. The maximum Gasteiger partial charge on any atom is 0.356 e. The van der Waals surface area contributed by atoms with Crippen molar-refractivity contribution in [2.45, 2.75) is 13.8 Å². The van der Waals surface area contributed by atoms with E-state index in [0.717, 1.165) is 0 Å². The number of carbonyl (C=O) groups excluding carboxylic acids is 2. The minimum absolute atomic E-state index is 0.0568. The topological polar surface area (TPSA) is 102 Å². The van der Waals surface area contributed by atoms with Crippen LogP contribution in [0.3, 0.4) is 0 Å². The quantitative estimate of drug-likeness (QED) is 0.474. The largest absolute Gasteiger partial charge is 0.462 e. The van der Waals surface area contributed by atoms with Crippen LogP contribution in [-0.2, 0) is 19.1 Å². The van der Waals surface area contributed by atoms with Gasteiger partial charge in [-0.05, 0) is 38.1 Å². The Labute approximate surface area is 173 Å². The molecule has 2 aromatic heterocycles. The minimum atomic E-state index is -0.616. The van der Waals surface area contributed by atoms with Crippen LogP contribution >= 0.6 is 11.6 Å². The molecule has 0 unspecified atom stereocenters. The van der Waals surface area contributed by atoms with Gasteiger partial charge in [-0.3, -0.25) is 4.98 Å². The molecule has 2 N–H and O–H groups in total. The third-order valence-electron chi connectivity index (χ3n) is 3.40. The second-order valence-corrected chi connectivity index (χ2v) is 5.86. The smallest absolute Gasteiger partial charge is 0.356 e. The molecule has 2 rings (SSSR count). The van der Waals surface area contributed by atoms with Gasteiger partial charge >= 0.3 is 11.9 Å². The lowest BCUT2D eigenvalue weighted by atomic mass is 10.2. The van der Waals surface area contributed by atoms with Crippen molar-refractivity contribution in [3.8, 4) is 0 Å². The fraction of sp³-hybridized carbons (Fsp3) is 0.200. The number of nitrogens with one attached hydrogen (secondary N) is 2. The zero-order valence-corrected chi connectivity index (χ0v) is 16.8. The summed E-state index contributed by atoms with van der Waals surface area (Å²) in [6.45, 7) is 3.78. The Bertz CT molecular complexity index is 883. The van der Waals surface area contributed by atoms with Crippen LogP contribution in [0.1, 0.15) is 19.5 Å². The molecule has 8 nitrogen and oxygen atoms in total. The lowest BCUT2D eigenvalue weighted by Gasteiger charge is -2.10. The van der Waals surface area contributed by atoms with Crippen LogP contribution in [0, 0.1) is 0 Å². The predicted molar refractivity (Wildman–Crippen MR) is 110 cm³/mol. The Balaban J connectivity index is 2.28. The summed E-state index contributed by atoms with van der Waals surface area (Å²) >= 11 is 5.81. The van der Waals surface area contributed by atoms with Crippen LogP contribution in [-0.4, -0.2) is 35.1 Å². The number of hydrogen-bond donors (Lipinski definition) is 2. The van der Waals surface area contributed by atoms with E-state index in [0.29, 0.717) is 16.5 Å². The van der Waals surface area contributed by atoms with Crippen LogP contribution in [0.15, 0.2) is 60.8 Å². The van der Waals surface area contributed by atoms with Crippen molar-refractivity contribution in [1.29, 1.82) is 0 Å². The first-order chi connectivity index (χ1) is 14.0. The van der Waals surface area contributed by atoms with Gasteiger partial charge in [0.25, 0.3) is 0 Å². The Kier molecular flexibility index (Phi) is 8.65. The zero-order chi connectivity index (χ0) is 21.1. The van der Waals surface area contributed by atoms with E-state index < -0.39 is 11.9 Å². The Morgan fingerprint density at radius 1 is 1.03 bits per heavy atom. The highest BCUT2D eigenvalue weighted by atomic mass is 35.5. The molecule has 2 aromatic rings. The van der Waals surface area contributed by atoms with Gasteiger partial charge in [-0.2, -0.15) is 0 Å². The fourth-order valence-electron chi connectivity index (χ4n) is 2.09. The maximum absolute atomic E-state index is 12.3. The average Bonchev–Trinajstić information content (AvgIpc) is 2.72. The molecule has 0 atom stereocenters. The molecule has 0 aliphatic heterocycles. The molecule has 0 aromatic carbocycles. The first-order valence-electron chi connectivity index (χ1n) is 8.85. The molecule has 0 amide bonds. The molecule has 0 aliphatic rings. The van der Waals surface area contributed by atoms with Crippen LogP contribution in [0.2, 0.25) is 5.02 Å². The molecule has 29 heavy (non-hydrogen) atoms. The van der Waals surface area contributed by atoms with Crippen LogP contribution in [0.5, 0.6) is 0 Å². The second kappa shape index (κ2) is 11.5. The van der Waals surface area contributed by atoms with Crippen molar-refractivity contribution in [1.82, 2.24) is 15.3 Å². The molecular weight excluding hydrogens is 396 g/mol. The molecule has 0 saturated carbocycles. The van der Waals surface area contributed by atoms with E-state index in [9.17, 15) is 9.59 Å². The lowest BCUT2D eigenvalue weighted by Crippen LogP contribution is -2.21. The SMILES string of the molecule is CCOC(=O)/C(=C\N/C(=C/Nc1ccc(Cl)cn1)C(=O)OCC)c1ccccn1. The lowest BCUT2D eigenvalue weighted by molar-refractivity contribution is -0.139. The molecule has 0 aliphatic carbocycles. The van der Waals surface area contributed by atoms with Crippen molar-refractivity contribution in [3.05, 3.63) is 71.5 Å². The van der Waals surface area contributed by atoms with Crippen LogP contribution in [0.25, 0.3) is 5.57 Å². The predicted octanol–water partition coefficient (Wildman–Crippen LogP) is 3.14. The van der Waals surface area contributed by atoms with Crippen LogP contribution in [0.4, 0.5) is 5.82 Å². The minimum Gasteiger partial charge on any atom is -0.462 e. The van der Waals surface area contributed by atoms with Gasteiger partial charge in [-0.1, -0.05) is 17.7 Å². The van der Waals surface area contributed by atoms with E-state index in [4.69, 9.17) is 21.1 Å². The molecule has 0 radical (unpaired) electrons. The van der Waals surface area contributed by atoms with Gasteiger partial charge in [0.2, 0.25) is 0 Å². The van der Waals surface area contributed by atoms with E-state index in [1.165, 1.54) is 18.6 Å². The standard InChI is InChI=1S/C20H21ClN4O4/c1-3-28-19(26)15(16-7-5-6-10-22-16)12-23-17(20(27)29-4-2)13-25-18-9-8-14(21)11-24-18/h5-13,23H,3-4H2,1-2H3,(H,24,25)/b15-12-,17-13+. The number of pyridine rings is 2. The Hall–Kier alpha value is -3.39. The van der Waals surface area contributed by atoms with E-state index in [2.05, 4.69) is 20.6 Å². The van der Waals surface area contributed by atoms with Gasteiger partial charge in [0.15, 0.2) is 0 Å². The molecule has 9 heteroatoms. The molecular formula is C20H21ClN4O4. The van der Waals surface area contributed by atoms with E-state index in [1.807, 2.05) is 0 Å². The number of halogens is 1. The summed E-state index contributed by atoms with van der Waals surface area (Å²) in [5, 5.41) is 6.15. The maximum atomic E-state index is 12.3. The van der Waals surface area contributed by atoms with E-state index in [-0.39, 0.29) is 24.5 Å². The molecule has 0 saturated heterocycles. The van der Waals surface area contributed by atoms with Crippen molar-refractivity contribution in [3.63, 3.8) is 0 Å². The summed E-state index contributed by atoms with van der Waals surface area (Å²) in [6.07, 6.45) is 5.75.